The minimum Gasteiger partial charge on any atom is -0.334 e. The van der Waals surface area contributed by atoms with Crippen LogP contribution in [-0.2, 0) is 13.2 Å². The Hall–Kier alpha value is -1.32. The molecule has 0 spiro atoms. The SMILES string of the molecule is c1ccc2c(c1)c(CN1CCCCC1)cn2CN1CCCCC1. The standard InChI is InChI=1S/C20H29N3/c1-5-11-21(12-6-1)15-18-16-23(17-22-13-7-2-8-14-22)20-10-4-3-9-19(18)20/h3-4,9-10,16H,1-2,5-8,11-15,17H2. The van der Waals surface area contributed by atoms with Gasteiger partial charge in [0.2, 0.25) is 0 Å². The zero-order valence-electron chi connectivity index (χ0n) is 14.2. The molecular formula is C20H29N3. The molecule has 1 aromatic heterocycles. The zero-order chi connectivity index (χ0) is 15.5. The van der Waals surface area contributed by atoms with Gasteiger partial charge < -0.3 is 4.57 Å². The van der Waals surface area contributed by atoms with Crippen molar-refractivity contribution in [2.24, 2.45) is 0 Å². The molecule has 3 heterocycles. The van der Waals surface area contributed by atoms with Gasteiger partial charge in [0.25, 0.3) is 0 Å². The third-order valence-electron chi connectivity index (χ3n) is 5.51. The number of aromatic nitrogens is 1. The van der Waals surface area contributed by atoms with E-state index in [0.29, 0.717) is 0 Å². The summed E-state index contributed by atoms with van der Waals surface area (Å²) in [5, 5.41) is 1.45. The van der Waals surface area contributed by atoms with Gasteiger partial charge in [-0.3, -0.25) is 9.80 Å². The predicted molar refractivity (Wildman–Crippen MR) is 96.5 cm³/mol. The molecule has 0 radical (unpaired) electrons. The van der Waals surface area contributed by atoms with Crippen LogP contribution in [0.2, 0.25) is 0 Å². The normalized spacial score (nSPS) is 21.0. The Labute approximate surface area is 139 Å². The van der Waals surface area contributed by atoms with Crippen molar-refractivity contribution in [1.29, 1.82) is 0 Å². The van der Waals surface area contributed by atoms with Crippen LogP contribution in [0.1, 0.15) is 44.1 Å². The summed E-state index contributed by atoms with van der Waals surface area (Å²) in [4.78, 5) is 5.25. The maximum Gasteiger partial charge on any atom is 0.0751 e. The maximum absolute atomic E-state index is 2.64. The van der Waals surface area contributed by atoms with E-state index in [1.54, 1.807) is 0 Å². The fraction of sp³-hybridized carbons (Fsp3) is 0.600. The van der Waals surface area contributed by atoms with E-state index in [2.05, 4.69) is 44.8 Å². The molecule has 2 saturated heterocycles. The molecule has 0 unspecified atom stereocenters. The number of rotatable bonds is 4. The molecular weight excluding hydrogens is 282 g/mol. The Morgan fingerprint density at radius 3 is 2.13 bits per heavy atom. The van der Waals surface area contributed by atoms with Crippen LogP contribution in [0.15, 0.2) is 30.5 Å². The van der Waals surface area contributed by atoms with Gasteiger partial charge in [0.1, 0.15) is 0 Å². The molecule has 3 heteroatoms. The Morgan fingerprint density at radius 2 is 1.39 bits per heavy atom. The molecule has 1 aromatic carbocycles. The van der Waals surface area contributed by atoms with Crippen LogP contribution in [0.5, 0.6) is 0 Å². The van der Waals surface area contributed by atoms with E-state index in [0.717, 1.165) is 13.2 Å². The highest BCUT2D eigenvalue weighted by Crippen LogP contribution is 2.25. The number of benzene rings is 1. The van der Waals surface area contributed by atoms with E-state index in [-0.39, 0.29) is 0 Å². The fourth-order valence-corrected chi connectivity index (χ4v) is 4.24. The molecule has 0 saturated carbocycles. The summed E-state index contributed by atoms with van der Waals surface area (Å²) in [5.74, 6) is 0. The maximum atomic E-state index is 2.64. The number of likely N-dealkylation sites (tertiary alicyclic amines) is 2. The molecule has 2 fully saturated rings. The van der Waals surface area contributed by atoms with Crippen LogP contribution in [0.25, 0.3) is 10.9 Å². The lowest BCUT2D eigenvalue weighted by Gasteiger charge is -2.27. The highest BCUT2D eigenvalue weighted by molar-refractivity contribution is 5.83. The van der Waals surface area contributed by atoms with Crippen molar-refractivity contribution in [2.75, 3.05) is 26.2 Å². The molecule has 23 heavy (non-hydrogen) atoms. The molecule has 4 rings (SSSR count). The third-order valence-corrected chi connectivity index (χ3v) is 5.51. The smallest absolute Gasteiger partial charge is 0.0751 e. The molecule has 0 aliphatic carbocycles. The highest BCUT2D eigenvalue weighted by atomic mass is 15.2. The average Bonchev–Trinajstić information content (AvgIpc) is 2.95. The monoisotopic (exact) mass is 311 g/mol. The van der Waals surface area contributed by atoms with Crippen LogP contribution in [-0.4, -0.2) is 40.5 Å². The third kappa shape index (κ3) is 3.46. The van der Waals surface area contributed by atoms with Crippen LogP contribution < -0.4 is 0 Å². The van der Waals surface area contributed by atoms with E-state index < -0.39 is 0 Å². The van der Waals surface area contributed by atoms with Gasteiger partial charge in [-0.1, -0.05) is 31.0 Å². The van der Waals surface area contributed by atoms with Gasteiger partial charge in [-0.15, -0.1) is 0 Å². The molecule has 0 bridgehead atoms. The number of para-hydroxylation sites is 1. The molecule has 124 valence electrons. The van der Waals surface area contributed by atoms with Crippen LogP contribution in [0.3, 0.4) is 0 Å². The Balaban J connectivity index is 1.57. The summed E-state index contributed by atoms with van der Waals surface area (Å²) in [7, 11) is 0. The quantitative estimate of drug-likeness (QED) is 0.843. The van der Waals surface area contributed by atoms with Crippen molar-refractivity contribution >= 4 is 10.9 Å². The molecule has 0 N–H and O–H groups in total. The highest BCUT2D eigenvalue weighted by Gasteiger charge is 2.16. The molecule has 0 atom stereocenters. The summed E-state index contributed by atoms with van der Waals surface area (Å²) >= 11 is 0. The van der Waals surface area contributed by atoms with Gasteiger partial charge in [-0.05, 0) is 63.5 Å². The Morgan fingerprint density at radius 1 is 0.739 bits per heavy atom. The first-order valence-corrected chi connectivity index (χ1v) is 9.41. The zero-order valence-corrected chi connectivity index (χ0v) is 14.2. The topological polar surface area (TPSA) is 11.4 Å². The van der Waals surface area contributed by atoms with E-state index in [4.69, 9.17) is 0 Å². The fourth-order valence-electron chi connectivity index (χ4n) is 4.24. The van der Waals surface area contributed by atoms with E-state index >= 15 is 0 Å². The number of piperidine rings is 2. The first kappa shape index (κ1) is 15.2. The van der Waals surface area contributed by atoms with Crippen LogP contribution in [0.4, 0.5) is 0 Å². The van der Waals surface area contributed by atoms with E-state index in [1.807, 2.05) is 0 Å². The van der Waals surface area contributed by atoms with Crippen molar-refractivity contribution in [1.82, 2.24) is 14.4 Å². The molecule has 2 aliphatic heterocycles. The largest absolute Gasteiger partial charge is 0.334 e. The van der Waals surface area contributed by atoms with Gasteiger partial charge in [-0.2, -0.15) is 0 Å². The molecule has 3 nitrogen and oxygen atoms in total. The van der Waals surface area contributed by atoms with Crippen molar-refractivity contribution in [3.05, 3.63) is 36.0 Å². The second-order valence-electron chi connectivity index (χ2n) is 7.30. The molecule has 2 aliphatic rings. The number of hydrogen-bond acceptors (Lipinski definition) is 2. The first-order chi connectivity index (χ1) is 11.4. The van der Waals surface area contributed by atoms with Crippen molar-refractivity contribution in [3.8, 4) is 0 Å². The van der Waals surface area contributed by atoms with Crippen LogP contribution in [0, 0.1) is 0 Å². The van der Waals surface area contributed by atoms with Gasteiger partial charge >= 0.3 is 0 Å². The lowest BCUT2D eigenvalue weighted by atomic mass is 10.1. The predicted octanol–water partition coefficient (Wildman–Crippen LogP) is 4.07. The molecule has 0 amide bonds. The van der Waals surface area contributed by atoms with Gasteiger partial charge in [0.15, 0.2) is 0 Å². The molecule has 2 aromatic rings. The Kier molecular flexibility index (Phi) is 4.67. The average molecular weight is 311 g/mol. The van der Waals surface area contributed by atoms with Crippen molar-refractivity contribution in [2.45, 2.75) is 51.7 Å². The second-order valence-corrected chi connectivity index (χ2v) is 7.30. The summed E-state index contributed by atoms with van der Waals surface area (Å²) in [6, 6.07) is 8.97. The van der Waals surface area contributed by atoms with Gasteiger partial charge in [0.05, 0.1) is 6.67 Å². The van der Waals surface area contributed by atoms with Gasteiger partial charge in [0, 0.05) is 23.6 Å². The minimum absolute atomic E-state index is 1.06. The number of nitrogens with zero attached hydrogens (tertiary/aromatic N) is 3. The first-order valence-electron chi connectivity index (χ1n) is 9.41. The Bertz CT molecular complexity index is 579. The number of hydrogen-bond donors (Lipinski definition) is 0. The van der Waals surface area contributed by atoms with Crippen molar-refractivity contribution < 1.29 is 0 Å². The van der Waals surface area contributed by atoms with Crippen LogP contribution >= 0.6 is 0 Å². The van der Waals surface area contributed by atoms with Crippen molar-refractivity contribution in [3.63, 3.8) is 0 Å². The van der Waals surface area contributed by atoms with E-state index in [9.17, 15) is 0 Å². The van der Waals surface area contributed by atoms with E-state index in [1.165, 1.54) is 81.2 Å². The lowest BCUT2D eigenvalue weighted by Crippen LogP contribution is -2.31. The summed E-state index contributed by atoms with van der Waals surface area (Å²) < 4.78 is 2.49. The lowest BCUT2D eigenvalue weighted by molar-refractivity contribution is 0.184. The summed E-state index contributed by atoms with van der Waals surface area (Å²) in [6.07, 6.45) is 10.7. The van der Waals surface area contributed by atoms with Gasteiger partial charge in [-0.25, -0.2) is 0 Å². The second kappa shape index (κ2) is 7.06. The minimum atomic E-state index is 1.06. The summed E-state index contributed by atoms with van der Waals surface area (Å²) in [6.45, 7) is 7.23. The number of fused-ring (bicyclic) bond motifs is 1. The summed E-state index contributed by atoms with van der Waals surface area (Å²) in [5.41, 5.74) is 2.92.